The van der Waals surface area contributed by atoms with Crippen LogP contribution in [0, 0.1) is 5.92 Å². The van der Waals surface area contributed by atoms with Gasteiger partial charge in [-0.3, -0.25) is 4.90 Å². The predicted octanol–water partition coefficient (Wildman–Crippen LogP) is 2.88. The molecule has 1 fully saturated rings. The minimum absolute atomic E-state index is 0.598. The molecule has 96 valence electrons. The average molecular weight is 226 g/mol. The van der Waals surface area contributed by atoms with E-state index < -0.39 is 0 Å². The van der Waals surface area contributed by atoms with E-state index in [-0.39, 0.29) is 0 Å². The number of piperidine rings is 1. The van der Waals surface area contributed by atoms with E-state index in [0.717, 1.165) is 18.5 Å². The van der Waals surface area contributed by atoms with E-state index in [0.29, 0.717) is 12.1 Å². The number of hydrogen-bond acceptors (Lipinski definition) is 2. The summed E-state index contributed by atoms with van der Waals surface area (Å²) in [4.78, 5) is 2.73. The van der Waals surface area contributed by atoms with Gasteiger partial charge < -0.3 is 5.32 Å². The highest BCUT2D eigenvalue weighted by Crippen LogP contribution is 2.22. The molecular weight excluding hydrogens is 196 g/mol. The Morgan fingerprint density at radius 3 is 2.38 bits per heavy atom. The Labute approximate surface area is 102 Å². The van der Waals surface area contributed by atoms with Crippen LogP contribution in [0.15, 0.2) is 0 Å². The molecule has 1 rings (SSSR count). The summed E-state index contributed by atoms with van der Waals surface area (Å²) < 4.78 is 0. The molecule has 0 spiro atoms. The summed E-state index contributed by atoms with van der Waals surface area (Å²) in [5.74, 6) is 0.742. The molecular formula is C14H30N2. The zero-order valence-electron chi connectivity index (χ0n) is 11.8. The second-order valence-electron chi connectivity index (χ2n) is 5.96. The van der Waals surface area contributed by atoms with Crippen molar-refractivity contribution in [2.24, 2.45) is 5.92 Å². The molecule has 0 bridgehead atoms. The van der Waals surface area contributed by atoms with Crippen molar-refractivity contribution in [2.75, 3.05) is 13.1 Å². The number of likely N-dealkylation sites (tertiary alicyclic amines) is 1. The molecule has 1 N–H and O–H groups in total. The lowest BCUT2D eigenvalue weighted by Crippen LogP contribution is -2.52. The first kappa shape index (κ1) is 14.0. The smallest absolute Gasteiger partial charge is 0.0246 e. The maximum absolute atomic E-state index is 3.60. The third kappa shape index (κ3) is 4.06. The molecule has 2 nitrogen and oxygen atoms in total. The van der Waals surface area contributed by atoms with Gasteiger partial charge in [0, 0.05) is 24.7 Å². The molecule has 0 aliphatic carbocycles. The van der Waals surface area contributed by atoms with Crippen LogP contribution in [0.2, 0.25) is 0 Å². The Morgan fingerprint density at radius 2 is 1.88 bits per heavy atom. The van der Waals surface area contributed by atoms with E-state index >= 15 is 0 Å². The summed E-state index contributed by atoms with van der Waals surface area (Å²) in [7, 11) is 0. The number of hydrogen-bond donors (Lipinski definition) is 1. The summed E-state index contributed by atoms with van der Waals surface area (Å²) in [6.45, 7) is 14.0. The van der Waals surface area contributed by atoms with Gasteiger partial charge in [0.05, 0.1) is 0 Å². The Hall–Kier alpha value is -0.0800. The third-order valence-corrected chi connectivity index (χ3v) is 3.79. The van der Waals surface area contributed by atoms with Gasteiger partial charge in [-0.25, -0.2) is 0 Å². The van der Waals surface area contributed by atoms with Gasteiger partial charge in [0.15, 0.2) is 0 Å². The van der Waals surface area contributed by atoms with Gasteiger partial charge in [-0.1, -0.05) is 34.1 Å². The first-order chi connectivity index (χ1) is 7.52. The van der Waals surface area contributed by atoms with Crippen molar-refractivity contribution >= 4 is 0 Å². The van der Waals surface area contributed by atoms with Crippen LogP contribution in [0.4, 0.5) is 0 Å². The van der Waals surface area contributed by atoms with Crippen LogP contribution >= 0.6 is 0 Å². The molecule has 0 aromatic heterocycles. The van der Waals surface area contributed by atoms with Gasteiger partial charge in [-0.15, -0.1) is 0 Å². The highest BCUT2D eigenvalue weighted by Gasteiger charge is 2.27. The summed E-state index contributed by atoms with van der Waals surface area (Å²) >= 11 is 0. The van der Waals surface area contributed by atoms with Crippen molar-refractivity contribution in [3.8, 4) is 0 Å². The van der Waals surface area contributed by atoms with Crippen LogP contribution in [-0.4, -0.2) is 36.1 Å². The van der Waals surface area contributed by atoms with Gasteiger partial charge in [-0.2, -0.15) is 0 Å². The van der Waals surface area contributed by atoms with E-state index in [2.05, 4.69) is 44.8 Å². The Morgan fingerprint density at radius 1 is 1.19 bits per heavy atom. The van der Waals surface area contributed by atoms with Crippen LogP contribution in [-0.2, 0) is 0 Å². The van der Waals surface area contributed by atoms with Crippen molar-refractivity contribution in [2.45, 2.75) is 72.0 Å². The Bertz CT molecular complexity index is 189. The van der Waals surface area contributed by atoms with Crippen LogP contribution in [0.3, 0.4) is 0 Å². The maximum atomic E-state index is 3.60. The highest BCUT2D eigenvalue weighted by molar-refractivity contribution is 4.84. The van der Waals surface area contributed by atoms with Gasteiger partial charge >= 0.3 is 0 Å². The van der Waals surface area contributed by atoms with Crippen LogP contribution < -0.4 is 5.32 Å². The molecule has 2 unspecified atom stereocenters. The summed E-state index contributed by atoms with van der Waals surface area (Å²) in [5, 5.41) is 3.60. The van der Waals surface area contributed by atoms with Crippen molar-refractivity contribution < 1.29 is 0 Å². The first-order valence-electron chi connectivity index (χ1n) is 7.01. The van der Waals surface area contributed by atoms with Crippen molar-refractivity contribution in [3.63, 3.8) is 0 Å². The van der Waals surface area contributed by atoms with Gasteiger partial charge in [0.2, 0.25) is 0 Å². The average Bonchev–Trinajstić information content (AvgIpc) is 2.20. The third-order valence-electron chi connectivity index (χ3n) is 3.79. The van der Waals surface area contributed by atoms with Crippen molar-refractivity contribution in [1.29, 1.82) is 0 Å². The molecule has 2 heteroatoms. The minimum atomic E-state index is 0.598. The number of nitrogens with zero attached hydrogens (tertiary/aromatic N) is 1. The van der Waals surface area contributed by atoms with Gasteiger partial charge in [-0.05, 0) is 32.2 Å². The fourth-order valence-electron chi connectivity index (χ4n) is 2.71. The van der Waals surface area contributed by atoms with Crippen LogP contribution in [0.5, 0.6) is 0 Å². The van der Waals surface area contributed by atoms with E-state index in [1.54, 1.807) is 0 Å². The molecule has 0 saturated carbocycles. The lowest BCUT2D eigenvalue weighted by atomic mass is 9.95. The topological polar surface area (TPSA) is 15.3 Å². The molecule has 0 aromatic rings. The Kier molecular flexibility index (Phi) is 5.77. The molecule has 1 heterocycles. The SMILES string of the molecule is CC(C)NCC(C(C)C)N1CCCCC1C. The zero-order chi connectivity index (χ0) is 12.1. The molecule has 0 radical (unpaired) electrons. The molecule has 2 atom stereocenters. The number of rotatable bonds is 5. The van der Waals surface area contributed by atoms with Gasteiger partial charge in [0.1, 0.15) is 0 Å². The number of nitrogens with one attached hydrogen (secondary N) is 1. The second-order valence-corrected chi connectivity index (χ2v) is 5.96. The van der Waals surface area contributed by atoms with E-state index in [1.165, 1.54) is 25.8 Å². The van der Waals surface area contributed by atoms with Gasteiger partial charge in [0.25, 0.3) is 0 Å². The van der Waals surface area contributed by atoms with Crippen LogP contribution in [0.1, 0.15) is 53.9 Å². The minimum Gasteiger partial charge on any atom is -0.313 e. The van der Waals surface area contributed by atoms with Crippen molar-refractivity contribution in [3.05, 3.63) is 0 Å². The maximum Gasteiger partial charge on any atom is 0.0246 e. The zero-order valence-corrected chi connectivity index (χ0v) is 11.8. The lowest BCUT2D eigenvalue weighted by molar-refractivity contribution is 0.0766. The van der Waals surface area contributed by atoms with E-state index in [1.807, 2.05) is 0 Å². The predicted molar refractivity (Wildman–Crippen MR) is 71.8 cm³/mol. The standard InChI is InChI=1S/C14H30N2/c1-11(2)14(10-15-12(3)4)16-9-7-6-8-13(16)5/h11-15H,6-10H2,1-5H3. The highest BCUT2D eigenvalue weighted by atomic mass is 15.2. The summed E-state index contributed by atoms with van der Waals surface area (Å²) in [5.41, 5.74) is 0. The monoisotopic (exact) mass is 226 g/mol. The second kappa shape index (κ2) is 6.61. The molecule has 0 aromatic carbocycles. The molecule has 1 aliphatic rings. The normalized spacial score (nSPS) is 25.3. The van der Waals surface area contributed by atoms with Crippen LogP contribution in [0.25, 0.3) is 0 Å². The largest absolute Gasteiger partial charge is 0.313 e. The molecule has 1 saturated heterocycles. The fourth-order valence-corrected chi connectivity index (χ4v) is 2.71. The summed E-state index contributed by atoms with van der Waals surface area (Å²) in [6.07, 6.45) is 4.18. The molecule has 1 aliphatic heterocycles. The fraction of sp³-hybridized carbons (Fsp3) is 1.00. The lowest BCUT2D eigenvalue weighted by Gasteiger charge is -2.42. The van der Waals surface area contributed by atoms with Crippen molar-refractivity contribution in [1.82, 2.24) is 10.2 Å². The quantitative estimate of drug-likeness (QED) is 0.775. The summed E-state index contributed by atoms with van der Waals surface area (Å²) in [6, 6.07) is 2.08. The molecule has 0 amide bonds. The Balaban J connectivity index is 2.53. The van der Waals surface area contributed by atoms with E-state index in [9.17, 15) is 0 Å². The molecule has 16 heavy (non-hydrogen) atoms. The first-order valence-corrected chi connectivity index (χ1v) is 7.01. The van der Waals surface area contributed by atoms with E-state index in [4.69, 9.17) is 0 Å².